The summed E-state index contributed by atoms with van der Waals surface area (Å²) < 4.78 is 32.8. The van der Waals surface area contributed by atoms with E-state index in [0.717, 1.165) is 38.1 Å². The molecular formula is C14H21Cl2N3O5S. The Bertz CT molecular complexity index is 703. The fourth-order valence-corrected chi connectivity index (χ4v) is 4.30. The molecule has 1 heterocycles. The maximum absolute atomic E-state index is 12.5. The lowest BCUT2D eigenvalue weighted by Crippen LogP contribution is -2.47. The molecule has 0 bridgehead atoms. The Morgan fingerprint density at radius 3 is 2.60 bits per heavy atom. The van der Waals surface area contributed by atoms with E-state index in [4.69, 9.17) is 16.3 Å². The summed E-state index contributed by atoms with van der Waals surface area (Å²) in [4.78, 5) is 9.97. The van der Waals surface area contributed by atoms with Crippen molar-refractivity contribution in [3.05, 3.63) is 33.3 Å². The molecule has 1 aliphatic rings. The highest BCUT2D eigenvalue weighted by Crippen LogP contribution is 2.31. The highest BCUT2D eigenvalue weighted by molar-refractivity contribution is 7.89. The quantitative estimate of drug-likeness (QED) is 0.521. The van der Waals surface area contributed by atoms with Crippen LogP contribution in [0.4, 0.5) is 5.69 Å². The summed E-state index contributed by atoms with van der Waals surface area (Å²) in [6.07, 6.45) is 1.51. The molecule has 11 heteroatoms. The highest BCUT2D eigenvalue weighted by atomic mass is 35.5. The van der Waals surface area contributed by atoms with E-state index in [9.17, 15) is 18.5 Å². The molecule has 8 nitrogen and oxygen atoms in total. The van der Waals surface area contributed by atoms with Gasteiger partial charge in [0.15, 0.2) is 4.90 Å². The summed E-state index contributed by atoms with van der Waals surface area (Å²) in [6.45, 7) is 2.11. The fourth-order valence-electron chi connectivity index (χ4n) is 2.82. The number of hydrogen-bond donors (Lipinski definition) is 2. The number of nitro groups is 1. The Labute approximate surface area is 157 Å². The first-order chi connectivity index (χ1) is 11.3. The van der Waals surface area contributed by atoms with E-state index in [1.54, 1.807) is 7.11 Å². The zero-order chi connectivity index (χ0) is 17.8. The minimum absolute atomic E-state index is 0. The lowest BCUT2D eigenvalue weighted by atomic mass is 9.80. The number of methoxy groups -OCH3 is 1. The lowest BCUT2D eigenvalue weighted by Gasteiger charge is -2.37. The summed E-state index contributed by atoms with van der Waals surface area (Å²) in [7, 11) is -2.46. The smallest absolute Gasteiger partial charge is 0.290 e. The maximum Gasteiger partial charge on any atom is 0.290 e. The van der Waals surface area contributed by atoms with Crippen molar-refractivity contribution in [1.82, 2.24) is 10.0 Å². The first-order valence-electron chi connectivity index (χ1n) is 7.43. The van der Waals surface area contributed by atoms with Crippen molar-refractivity contribution >= 4 is 39.7 Å². The standard InChI is InChI=1S/C14H20ClN3O5S.ClH/c1-23-10-14(4-6-16-7-5-14)9-17-24(21,22)13-3-2-11(15)8-12(13)18(19)20;/h2-3,8,16-17H,4-7,9-10H2,1H3;1H. The average Bonchev–Trinajstić information content (AvgIpc) is 2.54. The fraction of sp³-hybridized carbons (Fsp3) is 0.571. The van der Waals surface area contributed by atoms with Crippen LogP contribution in [-0.4, -0.2) is 46.7 Å². The van der Waals surface area contributed by atoms with E-state index in [2.05, 4.69) is 10.0 Å². The molecule has 0 aliphatic carbocycles. The Morgan fingerprint density at radius 1 is 1.40 bits per heavy atom. The summed E-state index contributed by atoms with van der Waals surface area (Å²) in [5.41, 5.74) is -0.866. The van der Waals surface area contributed by atoms with E-state index < -0.39 is 25.5 Å². The van der Waals surface area contributed by atoms with Gasteiger partial charge in [-0.3, -0.25) is 10.1 Å². The Kier molecular flexibility index (Phi) is 8.04. The molecule has 1 fully saturated rings. The van der Waals surface area contributed by atoms with Crippen molar-refractivity contribution in [3.63, 3.8) is 0 Å². The summed E-state index contributed by atoms with van der Waals surface area (Å²) in [5.74, 6) is 0. The molecule has 0 amide bonds. The van der Waals surface area contributed by atoms with Crippen molar-refractivity contribution in [3.8, 4) is 0 Å². The van der Waals surface area contributed by atoms with Gasteiger partial charge < -0.3 is 10.1 Å². The molecule has 0 radical (unpaired) electrons. The van der Waals surface area contributed by atoms with E-state index in [1.807, 2.05) is 0 Å². The monoisotopic (exact) mass is 413 g/mol. The number of rotatable bonds is 7. The molecule has 0 spiro atoms. The molecule has 0 saturated carbocycles. The summed E-state index contributed by atoms with van der Waals surface area (Å²) in [5, 5.41) is 14.4. The predicted molar refractivity (Wildman–Crippen MR) is 97.0 cm³/mol. The van der Waals surface area contributed by atoms with Gasteiger partial charge >= 0.3 is 0 Å². The minimum Gasteiger partial charge on any atom is -0.384 e. The van der Waals surface area contributed by atoms with Crippen molar-refractivity contribution in [1.29, 1.82) is 0 Å². The van der Waals surface area contributed by atoms with Gasteiger partial charge in [-0.05, 0) is 38.1 Å². The van der Waals surface area contributed by atoms with Crippen molar-refractivity contribution in [2.24, 2.45) is 5.41 Å². The summed E-state index contributed by atoms with van der Waals surface area (Å²) in [6, 6.07) is 3.50. The molecule has 0 atom stereocenters. The van der Waals surface area contributed by atoms with Gasteiger partial charge in [0, 0.05) is 30.2 Å². The molecule has 2 N–H and O–H groups in total. The number of hydrogen-bond acceptors (Lipinski definition) is 6. The van der Waals surface area contributed by atoms with Gasteiger partial charge in [0.05, 0.1) is 11.5 Å². The van der Waals surface area contributed by atoms with Crippen molar-refractivity contribution < 1.29 is 18.1 Å². The molecule has 2 rings (SSSR count). The molecule has 1 aromatic rings. The van der Waals surface area contributed by atoms with Crippen molar-refractivity contribution in [2.75, 3.05) is 33.4 Å². The van der Waals surface area contributed by atoms with Crippen LogP contribution in [0.5, 0.6) is 0 Å². The van der Waals surface area contributed by atoms with Gasteiger partial charge in [0.2, 0.25) is 10.0 Å². The van der Waals surface area contributed by atoms with Crippen LogP contribution in [0.3, 0.4) is 0 Å². The SMILES string of the molecule is COCC1(CNS(=O)(=O)c2ccc(Cl)cc2[N+](=O)[O-])CCNCC1.Cl. The first kappa shape index (κ1) is 22.1. The third-order valence-electron chi connectivity index (χ3n) is 4.16. The van der Waals surface area contributed by atoms with Crippen molar-refractivity contribution in [2.45, 2.75) is 17.7 Å². The third-order valence-corrected chi connectivity index (χ3v) is 5.84. The molecular weight excluding hydrogens is 393 g/mol. The second-order valence-electron chi connectivity index (χ2n) is 5.88. The van der Waals surface area contributed by atoms with Crippen LogP contribution in [0.15, 0.2) is 23.1 Å². The second kappa shape index (κ2) is 9.11. The number of piperidine rings is 1. The van der Waals surface area contributed by atoms with E-state index >= 15 is 0 Å². The summed E-state index contributed by atoms with van der Waals surface area (Å²) >= 11 is 5.73. The van der Waals surface area contributed by atoms with E-state index in [0.29, 0.717) is 6.61 Å². The van der Waals surface area contributed by atoms with Crippen LogP contribution in [0.1, 0.15) is 12.8 Å². The van der Waals surface area contributed by atoms with E-state index in [1.165, 1.54) is 6.07 Å². The number of sulfonamides is 1. The largest absolute Gasteiger partial charge is 0.384 e. The van der Waals surface area contributed by atoms with Crippen LogP contribution >= 0.6 is 24.0 Å². The molecule has 25 heavy (non-hydrogen) atoms. The Morgan fingerprint density at radius 2 is 2.04 bits per heavy atom. The minimum atomic E-state index is -4.03. The van der Waals surface area contributed by atoms with Gasteiger partial charge in [-0.15, -0.1) is 12.4 Å². The Hall–Kier alpha value is -0.970. The predicted octanol–water partition coefficient (Wildman–Crippen LogP) is 1.96. The second-order valence-corrected chi connectivity index (χ2v) is 8.05. The zero-order valence-electron chi connectivity index (χ0n) is 13.7. The van der Waals surface area contributed by atoms with E-state index in [-0.39, 0.29) is 29.4 Å². The third kappa shape index (κ3) is 5.50. The number of halogens is 2. The average molecular weight is 414 g/mol. The van der Waals surface area contributed by atoms with Gasteiger partial charge in [-0.1, -0.05) is 11.6 Å². The van der Waals surface area contributed by atoms with Gasteiger partial charge in [0.1, 0.15) is 0 Å². The van der Waals surface area contributed by atoms with Crippen LogP contribution in [0, 0.1) is 15.5 Å². The van der Waals surface area contributed by atoms with Crippen LogP contribution in [-0.2, 0) is 14.8 Å². The first-order valence-corrected chi connectivity index (χ1v) is 9.29. The molecule has 142 valence electrons. The number of nitrogens with one attached hydrogen (secondary N) is 2. The Balaban J connectivity index is 0.00000312. The number of ether oxygens (including phenoxy) is 1. The number of benzene rings is 1. The maximum atomic E-state index is 12.5. The normalized spacial score (nSPS) is 16.9. The van der Waals surface area contributed by atoms with Gasteiger partial charge in [0.25, 0.3) is 5.69 Å². The number of nitro benzene ring substituents is 1. The van der Waals surface area contributed by atoms with Crippen LogP contribution in [0.2, 0.25) is 5.02 Å². The topological polar surface area (TPSA) is 111 Å². The van der Waals surface area contributed by atoms with Gasteiger partial charge in [-0.2, -0.15) is 0 Å². The van der Waals surface area contributed by atoms with Crippen LogP contribution < -0.4 is 10.0 Å². The zero-order valence-corrected chi connectivity index (χ0v) is 16.0. The molecule has 1 saturated heterocycles. The molecule has 1 aromatic carbocycles. The van der Waals surface area contributed by atoms with Gasteiger partial charge in [-0.25, -0.2) is 13.1 Å². The highest BCUT2D eigenvalue weighted by Gasteiger charge is 2.35. The lowest BCUT2D eigenvalue weighted by molar-refractivity contribution is -0.387. The van der Waals surface area contributed by atoms with Crippen LogP contribution in [0.25, 0.3) is 0 Å². The molecule has 0 aromatic heterocycles. The molecule has 1 aliphatic heterocycles. The molecule has 0 unspecified atom stereocenters. The number of nitrogens with zero attached hydrogens (tertiary/aromatic N) is 1.